The van der Waals surface area contributed by atoms with E-state index in [2.05, 4.69) is 10.1 Å². The minimum atomic E-state index is -0.459. The summed E-state index contributed by atoms with van der Waals surface area (Å²) in [6, 6.07) is 5.65. The molecule has 6 heteroatoms. The van der Waals surface area contributed by atoms with Gasteiger partial charge in [-0.25, -0.2) is 0 Å². The van der Waals surface area contributed by atoms with Crippen LogP contribution in [-0.2, 0) is 16.0 Å². The molecule has 1 aromatic carbocycles. The number of esters is 1. The van der Waals surface area contributed by atoms with Crippen molar-refractivity contribution in [1.29, 1.82) is 0 Å². The maximum Gasteiger partial charge on any atom is 0.323 e. The van der Waals surface area contributed by atoms with E-state index in [1.165, 1.54) is 19.2 Å². The van der Waals surface area contributed by atoms with E-state index in [1.54, 1.807) is 19.2 Å². The maximum absolute atomic E-state index is 11.3. The van der Waals surface area contributed by atoms with Crippen molar-refractivity contribution in [2.45, 2.75) is 12.5 Å². The lowest BCUT2D eigenvalue weighted by atomic mass is 10.1. The number of carbonyl (C=O) groups excluding carboxylic acids is 1. The van der Waals surface area contributed by atoms with Crippen molar-refractivity contribution in [1.82, 2.24) is 5.32 Å². The molecule has 0 aliphatic heterocycles. The number of ether oxygens (including phenoxy) is 1. The Morgan fingerprint density at radius 3 is 2.47 bits per heavy atom. The highest BCUT2D eigenvalue weighted by atomic mass is 16.6. The average Bonchev–Trinajstić information content (AvgIpc) is 2.35. The van der Waals surface area contributed by atoms with Crippen LogP contribution in [0.5, 0.6) is 0 Å². The molecule has 0 fully saturated rings. The van der Waals surface area contributed by atoms with E-state index in [0.717, 1.165) is 5.56 Å². The van der Waals surface area contributed by atoms with Gasteiger partial charge in [0.25, 0.3) is 5.69 Å². The van der Waals surface area contributed by atoms with Gasteiger partial charge < -0.3 is 10.1 Å². The number of nitro benzene ring substituents is 1. The van der Waals surface area contributed by atoms with Crippen molar-refractivity contribution in [3.8, 4) is 0 Å². The van der Waals surface area contributed by atoms with E-state index in [4.69, 9.17) is 0 Å². The molecule has 0 spiro atoms. The van der Waals surface area contributed by atoms with Gasteiger partial charge in [-0.1, -0.05) is 12.1 Å². The number of rotatable bonds is 5. The third-order valence-corrected chi connectivity index (χ3v) is 2.42. The van der Waals surface area contributed by atoms with Crippen LogP contribution in [-0.4, -0.2) is 31.1 Å². The Hall–Kier alpha value is -1.95. The van der Waals surface area contributed by atoms with Crippen LogP contribution in [0.1, 0.15) is 5.56 Å². The fourth-order valence-corrected chi connectivity index (χ4v) is 1.43. The first kappa shape index (κ1) is 13.1. The van der Waals surface area contributed by atoms with Crippen molar-refractivity contribution < 1.29 is 14.5 Å². The molecule has 0 heterocycles. The minimum absolute atomic E-state index is 0.0350. The first-order valence-electron chi connectivity index (χ1n) is 5.07. The molecule has 1 rings (SSSR count). The van der Waals surface area contributed by atoms with Gasteiger partial charge in [0.05, 0.1) is 12.0 Å². The molecule has 1 aromatic rings. The number of nitro groups is 1. The van der Waals surface area contributed by atoms with Crippen molar-refractivity contribution in [3.05, 3.63) is 39.9 Å². The lowest BCUT2D eigenvalue weighted by molar-refractivity contribution is -0.384. The number of non-ortho nitro benzene ring substituents is 1. The highest BCUT2D eigenvalue weighted by Crippen LogP contribution is 2.13. The third-order valence-electron chi connectivity index (χ3n) is 2.42. The second-order valence-corrected chi connectivity index (χ2v) is 3.49. The summed E-state index contributed by atoms with van der Waals surface area (Å²) in [5, 5.41) is 13.3. The summed E-state index contributed by atoms with van der Waals surface area (Å²) in [6.45, 7) is 0. The molecule has 1 atom stereocenters. The SMILES string of the molecule is CNC(Cc1ccc([N+](=O)[O-])cc1)C(=O)OC. The number of likely N-dealkylation sites (N-methyl/N-ethyl adjacent to an activating group) is 1. The Morgan fingerprint density at radius 1 is 1.47 bits per heavy atom. The molecule has 0 aromatic heterocycles. The van der Waals surface area contributed by atoms with E-state index >= 15 is 0 Å². The lowest BCUT2D eigenvalue weighted by Gasteiger charge is -2.13. The summed E-state index contributed by atoms with van der Waals surface area (Å²) < 4.78 is 4.63. The Labute approximate surface area is 98.7 Å². The molecule has 0 aliphatic rings. The number of benzene rings is 1. The van der Waals surface area contributed by atoms with E-state index in [0.29, 0.717) is 6.42 Å². The molecule has 0 amide bonds. The van der Waals surface area contributed by atoms with Gasteiger partial charge in [0.15, 0.2) is 0 Å². The number of hydrogen-bond acceptors (Lipinski definition) is 5. The summed E-state index contributed by atoms with van der Waals surface area (Å²) in [5.74, 6) is -0.356. The molecular formula is C11H14N2O4. The fraction of sp³-hybridized carbons (Fsp3) is 0.364. The summed E-state index contributed by atoms with van der Waals surface area (Å²) in [7, 11) is 2.98. The van der Waals surface area contributed by atoms with Crippen LogP contribution >= 0.6 is 0 Å². The minimum Gasteiger partial charge on any atom is -0.468 e. The van der Waals surface area contributed by atoms with E-state index in [1.807, 2.05) is 0 Å². The van der Waals surface area contributed by atoms with Gasteiger partial charge in [0.1, 0.15) is 6.04 Å². The standard InChI is InChI=1S/C11H14N2O4/c1-12-10(11(14)17-2)7-8-3-5-9(6-4-8)13(15)16/h3-6,10,12H,7H2,1-2H3. The number of carbonyl (C=O) groups is 1. The van der Waals surface area contributed by atoms with Gasteiger partial charge in [-0.05, 0) is 19.0 Å². The Bertz CT molecular complexity index is 402. The van der Waals surface area contributed by atoms with Crippen LogP contribution < -0.4 is 5.32 Å². The first-order chi connectivity index (χ1) is 8.08. The lowest BCUT2D eigenvalue weighted by Crippen LogP contribution is -2.36. The van der Waals surface area contributed by atoms with Gasteiger partial charge >= 0.3 is 5.97 Å². The molecule has 0 radical (unpaired) electrons. The second-order valence-electron chi connectivity index (χ2n) is 3.49. The second kappa shape index (κ2) is 5.95. The van der Waals surface area contributed by atoms with Crippen molar-refractivity contribution in [2.75, 3.05) is 14.2 Å². The zero-order chi connectivity index (χ0) is 12.8. The van der Waals surface area contributed by atoms with Crippen LogP contribution in [0.15, 0.2) is 24.3 Å². The van der Waals surface area contributed by atoms with E-state index in [9.17, 15) is 14.9 Å². The number of hydrogen-bond donors (Lipinski definition) is 1. The van der Waals surface area contributed by atoms with Crippen molar-refractivity contribution in [3.63, 3.8) is 0 Å². The highest BCUT2D eigenvalue weighted by Gasteiger charge is 2.17. The van der Waals surface area contributed by atoms with E-state index < -0.39 is 11.0 Å². The predicted molar refractivity (Wildman–Crippen MR) is 61.7 cm³/mol. The molecule has 92 valence electrons. The Balaban J connectivity index is 2.74. The number of nitrogens with one attached hydrogen (secondary N) is 1. The van der Waals surface area contributed by atoms with Crippen molar-refractivity contribution >= 4 is 11.7 Å². The van der Waals surface area contributed by atoms with Gasteiger partial charge in [0, 0.05) is 12.1 Å². The fourth-order valence-electron chi connectivity index (χ4n) is 1.43. The highest BCUT2D eigenvalue weighted by molar-refractivity contribution is 5.76. The zero-order valence-electron chi connectivity index (χ0n) is 9.67. The third kappa shape index (κ3) is 3.53. The Morgan fingerprint density at radius 2 is 2.06 bits per heavy atom. The molecule has 0 saturated carbocycles. The summed E-state index contributed by atoms with van der Waals surface area (Å²) >= 11 is 0. The molecule has 6 nitrogen and oxygen atoms in total. The quantitative estimate of drug-likeness (QED) is 0.468. The smallest absolute Gasteiger partial charge is 0.323 e. The van der Waals surface area contributed by atoms with Crippen LogP contribution in [0.25, 0.3) is 0 Å². The first-order valence-corrected chi connectivity index (χ1v) is 5.07. The normalized spacial score (nSPS) is 11.9. The van der Waals surface area contributed by atoms with Gasteiger partial charge in [-0.15, -0.1) is 0 Å². The maximum atomic E-state index is 11.3. The molecule has 0 bridgehead atoms. The number of methoxy groups -OCH3 is 1. The van der Waals surface area contributed by atoms with Gasteiger partial charge in [-0.3, -0.25) is 14.9 Å². The average molecular weight is 238 g/mol. The van der Waals surface area contributed by atoms with Crippen molar-refractivity contribution in [2.24, 2.45) is 0 Å². The molecule has 0 aliphatic carbocycles. The number of nitrogens with zero attached hydrogens (tertiary/aromatic N) is 1. The van der Waals surface area contributed by atoms with Gasteiger partial charge in [0.2, 0.25) is 0 Å². The Kier molecular flexibility index (Phi) is 4.59. The summed E-state index contributed by atoms with van der Waals surface area (Å²) in [5.41, 5.74) is 0.869. The van der Waals surface area contributed by atoms with Crippen LogP contribution in [0.2, 0.25) is 0 Å². The molecule has 1 N–H and O–H groups in total. The van der Waals surface area contributed by atoms with Crippen LogP contribution in [0, 0.1) is 10.1 Å². The summed E-state index contributed by atoms with van der Waals surface area (Å²) in [4.78, 5) is 21.3. The molecule has 17 heavy (non-hydrogen) atoms. The monoisotopic (exact) mass is 238 g/mol. The molecular weight excluding hydrogens is 224 g/mol. The molecule has 1 unspecified atom stereocenters. The van der Waals surface area contributed by atoms with Crippen LogP contribution in [0.3, 0.4) is 0 Å². The van der Waals surface area contributed by atoms with Gasteiger partial charge in [-0.2, -0.15) is 0 Å². The summed E-state index contributed by atoms with van der Waals surface area (Å²) in [6.07, 6.45) is 0.432. The van der Waals surface area contributed by atoms with Crippen LogP contribution in [0.4, 0.5) is 5.69 Å². The topological polar surface area (TPSA) is 81.5 Å². The molecule has 0 saturated heterocycles. The largest absolute Gasteiger partial charge is 0.468 e. The predicted octanol–water partition coefficient (Wildman–Crippen LogP) is 0.898. The zero-order valence-corrected chi connectivity index (χ0v) is 9.67. The van der Waals surface area contributed by atoms with E-state index in [-0.39, 0.29) is 11.7 Å².